The molecule has 2 rings (SSSR count). The first-order chi connectivity index (χ1) is 10.1. The molecule has 0 radical (unpaired) electrons. The van der Waals surface area contributed by atoms with Crippen molar-refractivity contribution >= 4 is 21.4 Å². The van der Waals surface area contributed by atoms with E-state index in [0.717, 1.165) is 30.8 Å². The normalized spacial score (nSPS) is 20.8. The lowest BCUT2D eigenvalue weighted by molar-refractivity contribution is -0.00272. The summed E-state index contributed by atoms with van der Waals surface area (Å²) in [6.45, 7) is 7.19. The van der Waals surface area contributed by atoms with Gasteiger partial charge in [-0.05, 0) is 31.5 Å². The minimum absolute atomic E-state index is 0.0131. The Hall–Kier alpha value is -0.470. The van der Waals surface area contributed by atoms with Crippen LogP contribution >= 0.6 is 11.3 Å². The van der Waals surface area contributed by atoms with Crippen molar-refractivity contribution in [1.29, 1.82) is 0 Å². The molecule has 5 nitrogen and oxygen atoms in total. The molecular formula is C14H24N2O3S2. The molecule has 1 atom stereocenters. The monoisotopic (exact) mass is 332 g/mol. The minimum atomic E-state index is -3.37. The van der Waals surface area contributed by atoms with Gasteiger partial charge in [0.2, 0.25) is 0 Å². The van der Waals surface area contributed by atoms with E-state index in [1.807, 2.05) is 13.0 Å². The zero-order valence-electron chi connectivity index (χ0n) is 12.7. The maximum Gasteiger partial charge on any atom is 0.252 e. The zero-order chi connectivity index (χ0) is 15.3. The van der Waals surface area contributed by atoms with Gasteiger partial charge < -0.3 is 10.1 Å². The van der Waals surface area contributed by atoms with Crippen molar-refractivity contribution in [1.82, 2.24) is 9.62 Å². The van der Waals surface area contributed by atoms with Crippen LogP contribution in [0.2, 0.25) is 0 Å². The summed E-state index contributed by atoms with van der Waals surface area (Å²) in [4.78, 5) is 1.06. The van der Waals surface area contributed by atoms with E-state index in [9.17, 15) is 8.42 Å². The number of sulfonamides is 1. The second-order valence-electron chi connectivity index (χ2n) is 5.16. The van der Waals surface area contributed by atoms with Crippen molar-refractivity contribution in [3.05, 3.63) is 17.0 Å². The Kier molecular flexibility index (Phi) is 6.19. The third kappa shape index (κ3) is 4.26. The number of nitrogens with zero attached hydrogens (tertiary/aromatic N) is 1. The molecule has 1 N–H and O–H groups in total. The summed E-state index contributed by atoms with van der Waals surface area (Å²) >= 11 is 1.36. The second-order valence-corrected chi connectivity index (χ2v) is 8.49. The summed E-state index contributed by atoms with van der Waals surface area (Å²) in [6.07, 6.45) is 1.92. The lowest BCUT2D eigenvalue weighted by Crippen LogP contribution is -2.45. The van der Waals surface area contributed by atoms with E-state index in [-0.39, 0.29) is 6.10 Å². The summed E-state index contributed by atoms with van der Waals surface area (Å²) in [7, 11) is -3.37. The van der Waals surface area contributed by atoms with E-state index in [4.69, 9.17) is 4.74 Å². The first kappa shape index (κ1) is 16.9. The molecular weight excluding hydrogens is 308 g/mol. The fraction of sp³-hybridized carbons (Fsp3) is 0.714. The van der Waals surface area contributed by atoms with Crippen LogP contribution < -0.4 is 5.32 Å². The van der Waals surface area contributed by atoms with E-state index < -0.39 is 10.0 Å². The number of rotatable bonds is 7. The Balaban J connectivity index is 2.05. The van der Waals surface area contributed by atoms with Crippen molar-refractivity contribution in [2.45, 2.75) is 43.5 Å². The fourth-order valence-corrected chi connectivity index (χ4v) is 5.20. The van der Waals surface area contributed by atoms with Crippen molar-refractivity contribution in [2.24, 2.45) is 0 Å². The van der Waals surface area contributed by atoms with Gasteiger partial charge in [0.15, 0.2) is 0 Å². The van der Waals surface area contributed by atoms with E-state index in [1.54, 1.807) is 10.4 Å². The average Bonchev–Trinajstić information content (AvgIpc) is 2.97. The average molecular weight is 332 g/mol. The molecule has 0 amide bonds. The number of ether oxygens (including phenoxy) is 1. The molecule has 120 valence electrons. The summed E-state index contributed by atoms with van der Waals surface area (Å²) < 4.78 is 32.8. The number of nitrogens with one attached hydrogen (secondary N) is 1. The first-order valence-electron chi connectivity index (χ1n) is 7.49. The van der Waals surface area contributed by atoms with Gasteiger partial charge in [-0.3, -0.25) is 0 Å². The van der Waals surface area contributed by atoms with Crippen molar-refractivity contribution < 1.29 is 13.2 Å². The van der Waals surface area contributed by atoms with Gasteiger partial charge in [0.05, 0.1) is 12.7 Å². The third-order valence-corrected chi connectivity index (χ3v) is 6.93. The molecule has 7 heteroatoms. The van der Waals surface area contributed by atoms with Gasteiger partial charge in [-0.2, -0.15) is 4.31 Å². The largest absolute Gasteiger partial charge is 0.375 e. The van der Waals surface area contributed by atoms with Crippen LogP contribution in [0.15, 0.2) is 16.3 Å². The number of thiophene rings is 1. The molecule has 1 aromatic heterocycles. The standard InChI is InChI=1S/C14H24N2O3S2/c1-3-7-15-10-13-5-6-14(20-13)21(17,18)16-8-9-19-12(4-2)11-16/h5-6,12,15H,3-4,7-11H2,1-2H3. The molecule has 1 unspecified atom stereocenters. The van der Waals surface area contributed by atoms with E-state index in [2.05, 4.69) is 12.2 Å². The van der Waals surface area contributed by atoms with Crippen LogP contribution in [-0.2, 0) is 21.3 Å². The Morgan fingerprint density at radius 2 is 2.24 bits per heavy atom. The van der Waals surface area contributed by atoms with Crippen molar-refractivity contribution in [3.8, 4) is 0 Å². The summed E-state index contributed by atoms with van der Waals surface area (Å²) in [5.41, 5.74) is 0. The zero-order valence-corrected chi connectivity index (χ0v) is 14.3. The maximum absolute atomic E-state index is 12.7. The summed E-state index contributed by atoms with van der Waals surface area (Å²) in [5.74, 6) is 0. The third-order valence-electron chi connectivity index (χ3n) is 3.51. The number of hydrogen-bond acceptors (Lipinski definition) is 5. The molecule has 0 aromatic carbocycles. The van der Waals surface area contributed by atoms with E-state index in [1.165, 1.54) is 11.3 Å². The van der Waals surface area contributed by atoms with Crippen LogP contribution in [0.5, 0.6) is 0 Å². The fourth-order valence-electron chi connectivity index (χ4n) is 2.27. The van der Waals surface area contributed by atoms with Gasteiger partial charge in [-0.15, -0.1) is 11.3 Å². The molecule has 1 saturated heterocycles. The number of morpholine rings is 1. The lowest BCUT2D eigenvalue weighted by Gasteiger charge is -2.31. The first-order valence-corrected chi connectivity index (χ1v) is 9.74. The molecule has 1 aliphatic heterocycles. The van der Waals surface area contributed by atoms with Crippen LogP contribution in [0.1, 0.15) is 31.6 Å². The molecule has 2 heterocycles. The Morgan fingerprint density at radius 3 is 2.95 bits per heavy atom. The molecule has 1 aliphatic rings. The Labute approximate surface area is 131 Å². The number of hydrogen-bond donors (Lipinski definition) is 1. The molecule has 0 bridgehead atoms. The second kappa shape index (κ2) is 7.69. The summed E-state index contributed by atoms with van der Waals surface area (Å²) in [5, 5.41) is 3.29. The predicted octanol–water partition coefficient (Wildman–Crippen LogP) is 2.05. The highest BCUT2D eigenvalue weighted by atomic mass is 32.2. The van der Waals surface area contributed by atoms with Gasteiger partial charge in [0.25, 0.3) is 10.0 Å². The lowest BCUT2D eigenvalue weighted by atomic mass is 10.2. The molecule has 1 fully saturated rings. The predicted molar refractivity (Wildman–Crippen MR) is 85.1 cm³/mol. The maximum atomic E-state index is 12.7. The molecule has 1 aromatic rings. The van der Waals surface area contributed by atoms with Crippen LogP contribution in [-0.4, -0.2) is 45.1 Å². The van der Waals surface area contributed by atoms with Gasteiger partial charge in [-0.25, -0.2) is 8.42 Å². The molecule has 0 aliphatic carbocycles. The van der Waals surface area contributed by atoms with Crippen LogP contribution in [0.4, 0.5) is 0 Å². The molecule has 0 saturated carbocycles. The van der Waals surface area contributed by atoms with E-state index >= 15 is 0 Å². The quantitative estimate of drug-likeness (QED) is 0.777. The van der Waals surface area contributed by atoms with Crippen LogP contribution in [0, 0.1) is 0 Å². The van der Waals surface area contributed by atoms with E-state index in [0.29, 0.717) is 23.9 Å². The van der Waals surface area contributed by atoms with Crippen LogP contribution in [0.3, 0.4) is 0 Å². The van der Waals surface area contributed by atoms with Crippen molar-refractivity contribution in [3.63, 3.8) is 0 Å². The topological polar surface area (TPSA) is 58.6 Å². The molecule has 21 heavy (non-hydrogen) atoms. The highest BCUT2D eigenvalue weighted by Gasteiger charge is 2.31. The Morgan fingerprint density at radius 1 is 1.43 bits per heavy atom. The highest BCUT2D eigenvalue weighted by molar-refractivity contribution is 7.91. The molecule has 0 spiro atoms. The SMILES string of the molecule is CCCNCc1ccc(S(=O)(=O)N2CCOC(CC)C2)s1. The minimum Gasteiger partial charge on any atom is -0.375 e. The van der Waals surface area contributed by atoms with Gasteiger partial charge in [-0.1, -0.05) is 13.8 Å². The highest BCUT2D eigenvalue weighted by Crippen LogP contribution is 2.26. The van der Waals surface area contributed by atoms with Gasteiger partial charge >= 0.3 is 0 Å². The summed E-state index contributed by atoms with van der Waals surface area (Å²) in [6, 6.07) is 3.62. The van der Waals surface area contributed by atoms with Gasteiger partial charge in [0, 0.05) is 24.5 Å². The Bertz CT molecular complexity index is 542. The van der Waals surface area contributed by atoms with Gasteiger partial charge in [0.1, 0.15) is 4.21 Å². The smallest absolute Gasteiger partial charge is 0.252 e. The van der Waals surface area contributed by atoms with Crippen molar-refractivity contribution in [2.75, 3.05) is 26.2 Å². The van der Waals surface area contributed by atoms with Crippen LogP contribution in [0.25, 0.3) is 0 Å².